The van der Waals surface area contributed by atoms with Gasteiger partial charge in [-0.1, -0.05) is 5.57 Å². The first-order valence-electron chi connectivity index (χ1n) is 5.55. The molecule has 0 bridgehead atoms. The second-order valence-corrected chi connectivity index (χ2v) is 3.88. The normalized spacial score (nSPS) is 17.6. The highest BCUT2D eigenvalue weighted by Gasteiger charge is 2.57. The van der Waals surface area contributed by atoms with Crippen molar-refractivity contribution in [3.8, 4) is 0 Å². The zero-order chi connectivity index (χ0) is 13.1. The molecule has 0 aromatic rings. The smallest absolute Gasteiger partial charge is 0.331 e. The third kappa shape index (κ3) is 2.23. The van der Waals surface area contributed by atoms with Gasteiger partial charge in [-0.15, -0.1) is 0 Å². The standard InChI is InChI=1S/C12H16O5/c1-4-16-10(14)12(11(15)17-5-2)7-8(3)6-9(12)13/h6H,4-5,7H2,1-3H3. The molecule has 0 spiro atoms. The number of hydrogen-bond donors (Lipinski definition) is 0. The Morgan fingerprint density at radius 2 is 1.71 bits per heavy atom. The lowest BCUT2D eigenvalue weighted by molar-refractivity contribution is -0.172. The van der Waals surface area contributed by atoms with E-state index in [1.807, 2.05) is 0 Å². The van der Waals surface area contributed by atoms with E-state index in [0.717, 1.165) is 0 Å². The van der Waals surface area contributed by atoms with Crippen LogP contribution in [0.5, 0.6) is 0 Å². The SMILES string of the molecule is CCOC(=O)C1(C(=O)OCC)CC(C)=CC1=O. The quantitative estimate of drug-likeness (QED) is 0.542. The number of carbonyl (C=O) groups is 3. The summed E-state index contributed by atoms with van der Waals surface area (Å²) in [5.41, 5.74) is -1.13. The molecule has 5 nitrogen and oxygen atoms in total. The number of allylic oxidation sites excluding steroid dienone is 2. The number of rotatable bonds is 4. The van der Waals surface area contributed by atoms with Crippen molar-refractivity contribution in [3.05, 3.63) is 11.6 Å². The molecule has 1 rings (SSSR count). The van der Waals surface area contributed by atoms with E-state index in [0.29, 0.717) is 5.57 Å². The molecule has 0 saturated carbocycles. The molecule has 94 valence electrons. The predicted molar refractivity (Wildman–Crippen MR) is 59.1 cm³/mol. The molecule has 17 heavy (non-hydrogen) atoms. The summed E-state index contributed by atoms with van der Waals surface area (Å²) in [6, 6.07) is 0. The molecule has 1 aliphatic rings. The number of esters is 2. The van der Waals surface area contributed by atoms with Crippen molar-refractivity contribution in [1.82, 2.24) is 0 Å². The zero-order valence-corrected chi connectivity index (χ0v) is 10.2. The molecule has 0 amide bonds. The fraction of sp³-hybridized carbons (Fsp3) is 0.583. The van der Waals surface area contributed by atoms with Crippen molar-refractivity contribution >= 4 is 17.7 Å². The van der Waals surface area contributed by atoms with Crippen LogP contribution in [-0.2, 0) is 23.9 Å². The predicted octanol–water partition coefficient (Wildman–Crippen LogP) is 1.02. The average molecular weight is 240 g/mol. The zero-order valence-electron chi connectivity index (χ0n) is 10.2. The Morgan fingerprint density at radius 1 is 1.24 bits per heavy atom. The molecule has 1 aliphatic carbocycles. The van der Waals surface area contributed by atoms with Gasteiger partial charge >= 0.3 is 11.9 Å². The second-order valence-electron chi connectivity index (χ2n) is 3.88. The average Bonchev–Trinajstić information content (AvgIpc) is 2.55. The van der Waals surface area contributed by atoms with E-state index in [-0.39, 0.29) is 19.6 Å². The van der Waals surface area contributed by atoms with E-state index in [1.54, 1.807) is 20.8 Å². The number of carbonyl (C=O) groups excluding carboxylic acids is 3. The van der Waals surface area contributed by atoms with E-state index < -0.39 is 23.1 Å². The van der Waals surface area contributed by atoms with Crippen LogP contribution in [0.2, 0.25) is 0 Å². The van der Waals surface area contributed by atoms with Gasteiger partial charge in [-0.25, -0.2) is 0 Å². The summed E-state index contributed by atoms with van der Waals surface area (Å²) in [6.07, 6.45) is 1.34. The van der Waals surface area contributed by atoms with Crippen molar-refractivity contribution in [3.63, 3.8) is 0 Å². The van der Waals surface area contributed by atoms with E-state index >= 15 is 0 Å². The Balaban J connectivity index is 3.07. The van der Waals surface area contributed by atoms with Crippen LogP contribution in [-0.4, -0.2) is 30.9 Å². The Morgan fingerprint density at radius 3 is 2.00 bits per heavy atom. The summed E-state index contributed by atoms with van der Waals surface area (Å²) < 4.78 is 9.64. The molecule has 0 atom stereocenters. The molecular formula is C12H16O5. The topological polar surface area (TPSA) is 69.7 Å². The van der Waals surface area contributed by atoms with E-state index in [1.165, 1.54) is 6.08 Å². The molecule has 0 aromatic heterocycles. The van der Waals surface area contributed by atoms with Gasteiger partial charge < -0.3 is 9.47 Å². The summed E-state index contributed by atoms with van der Waals surface area (Å²) in [5.74, 6) is -2.19. The third-order valence-electron chi connectivity index (χ3n) is 2.59. The van der Waals surface area contributed by atoms with Crippen LogP contribution in [0.3, 0.4) is 0 Å². The van der Waals surface area contributed by atoms with Crippen molar-refractivity contribution in [1.29, 1.82) is 0 Å². The van der Waals surface area contributed by atoms with Crippen molar-refractivity contribution in [2.75, 3.05) is 13.2 Å². The van der Waals surface area contributed by atoms with Crippen molar-refractivity contribution in [2.24, 2.45) is 5.41 Å². The molecule has 0 saturated heterocycles. The van der Waals surface area contributed by atoms with Gasteiger partial charge in [0.25, 0.3) is 0 Å². The Kier molecular flexibility index (Phi) is 4.04. The highest BCUT2D eigenvalue weighted by molar-refractivity contribution is 6.25. The minimum atomic E-state index is -1.81. The lowest BCUT2D eigenvalue weighted by atomic mass is 9.83. The summed E-state index contributed by atoms with van der Waals surface area (Å²) in [6.45, 7) is 5.17. The first kappa shape index (κ1) is 13.4. The first-order valence-corrected chi connectivity index (χ1v) is 5.55. The minimum absolute atomic E-state index is 0.0451. The summed E-state index contributed by atoms with van der Waals surface area (Å²) in [5, 5.41) is 0. The van der Waals surface area contributed by atoms with Crippen LogP contribution in [0, 0.1) is 5.41 Å². The third-order valence-corrected chi connectivity index (χ3v) is 2.59. The van der Waals surface area contributed by atoms with Gasteiger partial charge in [0.1, 0.15) is 0 Å². The molecule has 0 fully saturated rings. The number of ether oxygens (including phenoxy) is 2. The maximum atomic E-state index is 11.9. The van der Waals surface area contributed by atoms with Crippen LogP contribution in [0.1, 0.15) is 27.2 Å². The van der Waals surface area contributed by atoms with Gasteiger partial charge in [0, 0.05) is 6.42 Å². The number of ketones is 1. The minimum Gasteiger partial charge on any atom is -0.465 e. The van der Waals surface area contributed by atoms with Gasteiger partial charge in [0.05, 0.1) is 13.2 Å². The van der Waals surface area contributed by atoms with Gasteiger partial charge in [-0.2, -0.15) is 0 Å². The van der Waals surface area contributed by atoms with E-state index in [2.05, 4.69) is 0 Å². The second kappa shape index (κ2) is 5.12. The first-order chi connectivity index (χ1) is 7.98. The lowest BCUT2D eigenvalue weighted by Crippen LogP contribution is -2.45. The highest BCUT2D eigenvalue weighted by Crippen LogP contribution is 2.37. The van der Waals surface area contributed by atoms with Crippen LogP contribution in [0.4, 0.5) is 0 Å². The van der Waals surface area contributed by atoms with Crippen LogP contribution < -0.4 is 0 Å². The maximum absolute atomic E-state index is 11.9. The lowest BCUT2D eigenvalue weighted by Gasteiger charge is -2.22. The highest BCUT2D eigenvalue weighted by atomic mass is 16.6. The monoisotopic (exact) mass is 240 g/mol. The van der Waals surface area contributed by atoms with Gasteiger partial charge in [0.15, 0.2) is 5.78 Å². The molecule has 5 heteroatoms. The summed E-state index contributed by atoms with van der Waals surface area (Å²) >= 11 is 0. The maximum Gasteiger partial charge on any atom is 0.331 e. The Labute approximate surface area is 99.8 Å². The van der Waals surface area contributed by atoms with Gasteiger partial charge in [-0.05, 0) is 26.8 Å². The van der Waals surface area contributed by atoms with E-state index in [4.69, 9.17) is 9.47 Å². The molecule has 0 radical (unpaired) electrons. The van der Waals surface area contributed by atoms with Gasteiger partial charge in [-0.3, -0.25) is 14.4 Å². The van der Waals surface area contributed by atoms with Gasteiger partial charge in [0.2, 0.25) is 5.41 Å². The molecule has 0 heterocycles. The fourth-order valence-electron chi connectivity index (χ4n) is 1.84. The largest absolute Gasteiger partial charge is 0.465 e. The number of hydrogen-bond acceptors (Lipinski definition) is 5. The van der Waals surface area contributed by atoms with Crippen LogP contribution in [0.15, 0.2) is 11.6 Å². The fourth-order valence-corrected chi connectivity index (χ4v) is 1.84. The summed E-state index contributed by atoms with van der Waals surface area (Å²) in [7, 11) is 0. The molecule has 0 N–H and O–H groups in total. The molecular weight excluding hydrogens is 224 g/mol. The van der Waals surface area contributed by atoms with Crippen LogP contribution >= 0.6 is 0 Å². The molecule has 0 aliphatic heterocycles. The molecule has 0 unspecified atom stereocenters. The molecule has 0 aromatic carbocycles. The van der Waals surface area contributed by atoms with Crippen LogP contribution in [0.25, 0.3) is 0 Å². The summed E-state index contributed by atoms with van der Waals surface area (Å²) in [4.78, 5) is 35.6. The Bertz CT molecular complexity index is 362. The Hall–Kier alpha value is -1.65. The van der Waals surface area contributed by atoms with Crippen molar-refractivity contribution < 1.29 is 23.9 Å². The van der Waals surface area contributed by atoms with E-state index in [9.17, 15) is 14.4 Å². The van der Waals surface area contributed by atoms with Crippen molar-refractivity contribution in [2.45, 2.75) is 27.2 Å².